The van der Waals surface area contributed by atoms with E-state index in [1.165, 1.54) is 19.2 Å². The molecule has 0 radical (unpaired) electrons. The lowest BCUT2D eigenvalue weighted by Gasteiger charge is -2.53. The maximum absolute atomic E-state index is 13.5. The summed E-state index contributed by atoms with van der Waals surface area (Å²) in [4.78, 5) is 12.7. The fourth-order valence-corrected chi connectivity index (χ4v) is 2.39. The first-order valence-corrected chi connectivity index (χ1v) is 5.77. The number of carbonyl (C=O) groups excluding carboxylic acids is 1. The molecule has 104 valence electrons. The van der Waals surface area contributed by atoms with Gasteiger partial charge >= 0.3 is 0 Å². The number of nitrogens with zero attached hydrogens (tertiary/aromatic N) is 1. The molecule has 2 atom stereocenters. The molecule has 0 aromatic heterocycles. The molecule has 1 saturated heterocycles. The van der Waals surface area contributed by atoms with E-state index in [0.29, 0.717) is 18.4 Å². The summed E-state index contributed by atoms with van der Waals surface area (Å²) < 4.78 is 32.0. The van der Waals surface area contributed by atoms with Crippen LogP contribution in [0, 0.1) is 0 Å². The highest BCUT2D eigenvalue weighted by molar-refractivity contribution is 6.08. The van der Waals surface area contributed by atoms with Crippen LogP contribution in [-0.4, -0.2) is 35.7 Å². The van der Waals surface area contributed by atoms with Gasteiger partial charge in [-0.15, -0.1) is 0 Å². The molecule has 1 fully saturated rings. The van der Waals surface area contributed by atoms with Crippen LogP contribution in [-0.2, 0) is 4.79 Å². The third-order valence-corrected chi connectivity index (χ3v) is 3.27. The Morgan fingerprint density at radius 1 is 1.37 bits per heavy atom. The van der Waals surface area contributed by atoms with Crippen LogP contribution in [0.4, 0.5) is 14.5 Å². The highest BCUT2D eigenvalue weighted by Crippen LogP contribution is 2.43. The van der Waals surface area contributed by atoms with Gasteiger partial charge in [0.15, 0.2) is 5.60 Å². The molecule has 0 unspecified atom stereocenters. The van der Waals surface area contributed by atoms with Crippen LogP contribution >= 0.6 is 0 Å². The van der Waals surface area contributed by atoms with Gasteiger partial charge in [-0.05, 0) is 31.2 Å². The zero-order valence-electron chi connectivity index (χ0n) is 10.9. The fourth-order valence-electron chi connectivity index (χ4n) is 2.39. The molecule has 0 spiro atoms. The molecule has 1 aliphatic heterocycles. The van der Waals surface area contributed by atoms with Crippen molar-refractivity contribution in [2.75, 3.05) is 12.0 Å². The lowest BCUT2D eigenvalue weighted by atomic mass is 9.79. The van der Waals surface area contributed by atoms with Crippen LogP contribution in [0.2, 0.25) is 0 Å². The molecular weight excluding hydrogens is 256 g/mol. The Kier molecular flexibility index (Phi) is 3.01. The number of aliphatic hydroxyl groups is 1. The van der Waals surface area contributed by atoms with Crippen molar-refractivity contribution in [1.29, 1.82) is 0 Å². The third-order valence-electron chi connectivity index (χ3n) is 3.27. The van der Waals surface area contributed by atoms with Gasteiger partial charge in [0.2, 0.25) is 0 Å². The van der Waals surface area contributed by atoms with Crippen LogP contribution < -0.4 is 9.64 Å². The molecule has 1 aromatic carbocycles. The topological polar surface area (TPSA) is 49.8 Å². The van der Waals surface area contributed by atoms with Gasteiger partial charge in [-0.1, -0.05) is 0 Å². The normalized spacial score (nSPS) is 27.2. The van der Waals surface area contributed by atoms with Crippen molar-refractivity contribution in [2.24, 2.45) is 0 Å². The smallest absolute Gasteiger partial charge is 0.269 e. The second-order valence-corrected chi connectivity index (χ2v) is 4.88. The van der Waals surface area contributed by atoms with E-state index in [1.807, 2.05) is 0 Å². The fraction of sp³-hybridized carbons (Fsp3) is 0.462. The molecule has 1 N–H and O–H groups in total. The molecule has 1 aromatic rings. The van der Waals surface area contributed by atoms with Crippen molar-refractivity contribution in [3.63, 3.8) is 0 Å². The maximum atomic E-state index is 13.5. The molecule has 0 aliphatic carbocycles. The van der Waals surface area contributed by atoms with Gasteiger partial charge in [-0.25, -0.2) is 8.78 Å². The van der Waals surface area contributed by atoms with E-state index in [1.54, 1.807) is 12.1 Å². The van der Waals surface area contributed by atoms with Crippen molar-refractivity contribution < 1.29 is 23.4 Å². The lowest BCUT2D eigenvalue weighted by Crippen LogP contribution is -2.77. The summed E-state index contributed by atoms with van der Waals surface area (Å²) in [5.74, 6) is -3.37. The van der Waals surface area contributed by atoms with Gasteiger partial charge in [0.25, 0.3) is 11.8 Å². The van der Waals surface area contributed by atoms with Crippen LogP contribution in [0.25, 0.3) is 0 Å². The van der Waals surface area contributed by atoms with Gasteiger partial charge in [0.1, 0.15) is 11.8 Å². The van der Waals surface area contributed by atoms with Crippen LogP contribution in [0.3, 0.4) is 0 Å². The monoisotopic (exact) mass is 271 g/mol. The Hall–Kier alpha value is -1.69. The quantitative estimate of drug-likeness (QED) is 0.853. The van der Waals surface area contributed by atoms with Crippen molar-refractivity contribution in [2.45, 2.75) is 31.4 Å². The zero-order valence-corrected chi connectivity index (χ0v) is 10.9. The Bertz CT molecular complexity index is 494. The predicted molar refractivity (Wildman–Crippen MR) is 65.5 cm³/mol. The van der Waals surface area contributed by atoms with E-state index < -0.39 is 23.5 Å². The molecule has 1 amide bonds. The predicted octanol–water partition coefficient (Wildman–Crippen LogP) is 1.82. The minimum absolute atomic E-state index is 0.309. The molecule has 2 rings (SSSR count). The number of hydrogen-bond donors (Lipinski definition) is 1. The van der Waals surface area contributed by atoms with Crippen LogP contribution in [0.15, 0.2) is 24.3 Å². The molecule has 1 heterocycles. The summed E-state index contributed by atoms with van der Waals surface area (Å²) in [5, 5.41) is 9.81. The number of alkyl halides is 2. The van der Waals surface area contributed by atoms with E-state index in [9.17, 15) is 18.7 Å². The first-order chi connectivity index (χ1) is 8.69. The zero-order chi connectivity index (χ0) is 14.4. The number of hydrogen-bond acceptors (Lipinski definition) is 3. The number of anilines is 1. The summed E-state index contributed by atoms with van der Waals surface area (Å²) in [7, 11) is 1.48. The Morgan fingerprint density at radius 2 is 1.89 bits per heavy atom. The number of β-lactam (4-membered cyclic amide) rings is 1. The highest BCUT2D eigenvalue weighted by atomic mass is 19.3. The Labute approximate surface area is 109 Å². The summed E-state index contributed by atoms with van der Waals surface area (Å²) in [6.07, 6.45) is 0. The number of rotatable bonds is 3. The van der Waals surface area contributed by atoms with Crippen molar-refractivity contribution in [1.82, 2.24) is 0 Å². The standard InChI is InChI=1S/C13H15F2NO3/c1-12(18)10(13(2,14)15)16(11(12)17)8-4-6-9(19-3)7-5-8/h4-7,10,18H,1-3H3/t10-,12-/m1/s1. The third kappa shape index (κ3) is 2.06. The van der Waals surface area contributed by atoms with Gasteiger partial charge in [-0.3, -0.25) is 9.69 Å². The van der Waals surface area contributed by atoms with Crippen molar-refractivity contribution in [3.8, 4) is 5.75 Å². The maximum Gasteiger partial charge on any atom is 0.269 e. The minimum Gasteiger partial charge on any atom is -0.497 e. The largest absolute Gasteiger partial charge is 0.497 e. The number of methoxy groups -OCH3 is 1. The number of amides is 1. The van der Waals surface area contributed by atoms with Gasteiger partial charge in [0.05, 0.1) is 7.11 Å². The van der Waals surface area contributed by atoms with Crippen LogP contribution in [0.5, 0.6) is 5.75 Å². The van der Waals surface area contributed by atoms with E-state index in [2.05, 4.69) is 0 Å². The summed E-state index contributed by atoms with van der Waals surface area (Å²) >= 11 is 0. The Balaban J connectivity index is 2.35. The molecule has 19 heavy (non-hydrogen) atoms. The minimum atomic E-state index is -3.20. The average Bonchev–Trinajstić information content (AvgIpc) is 2.33. The van der Waals surface area contributed by atoms with E-state index in [0.717, 1.165) is 11.8 Å². The van der Waals surface area contributed by atoms with Gasteiger partial charge in [0, 0.05) is 12.6 Å². The van der Waals surface area contributed by atoms with E-state index in [4.69, 9.17) is 4.74 Å². The second-order valence-electron chi connectivity index (χ2n) is 4.88. The number of ether oxygens (including phenoxy) is 1. The van der Waals surface area contributed by atoms with Crippen molar-refractivity contribution >= 4 is 11.6 Å². The molecule has 6 heteroatoms. The number of benzene rings is 1. The summed E-state index contributed by atoms with van der Waals surface area (Å²) in [6.45, 7) is 1.80. The highest BCUT2D eigenvalue weighted by Gasteiger charge is 2.65. The summed E-state index contributed by atoms with van der Waals surface area (Å²) in [5.41, 5.74) is -1.73. The summed E-state index contributed by atoms with van der Waals surface area (Å²) in [6, 6.07) is 4.58. The molecule has 0 bridgehead atoms. The first kappa shape index (κ1) is 13.7. The molecular formula is C13H15F2NO3. The second kappa shape index (κ2) is 4.16. The van der Waals surface area contributed by atoms with Crippen molar-refractivity contribution in [3.05, 3.63) is 24.3 Å². The van der Waals surface area contributed by atoms with E-state index >= 15 is 0 Å². The SMILES string of the molecule is COc1ccc(N2C(=O)[C@](C)(O)[C@@H]2C(C)(F)F)cc1. The molecule has 0 saturated carbocycles. The number of halogens is 2. The Morgan fingerprint density at radius 3 is 2.32 bits per heavy atom. The van der Waals surface area contributed by atoms with Crippen LogP contribution in [0.1, 0.15) is 13.8 Å². The van der Waals surface area contributed by atoms with Gasteiger partial charge in [-0.2, -0.15) is 0 Å². The lowest BCUT2D eigenvalue weighted by molar-refractivity contribution is -0.171. The molecule has 1 aliphatic rings. The van der Waals surface area contributed by atoms with Gasteiger partial charge < -0.3 is 9.84 Å². The number of carbonyl (C=O) groups is 1. The average molecular weight is 271 g/mol. The molecule has 4 nitrogen and oxygen atoms in total. The van der Waals surface area contributed by atoms with E-state index in [-0.39, 0.29) is 0 Å². The first-order valence-electron chi connectivity index (χ1n) is 5.77.